The SMILES string of the molecule is Cc1nc(C(=O)N2C[C@H]3CCC[C@H]3C2CN2C(=O)c3ccccc3C2=O)c(-c2ccc(F)cc2)s1. The number of aromatic nitrogens is 1. The zero-order chi connectivity index (χ0) is 24.3. The lowest BCUT2D eigenvalue weighted by Crippen LogP contribution is -2.47. The molecule has 6 nitrogen and oxygen atoms in total. The van der Waals surface area contributed by atoms with Crippen LogP contribution in [-0.4, -0.2) is 51.6 Å². The topological polar surface area (TPSA) is 70.6 Å². The molecule has 3 heterocycles. The number of fused-ring (bicyclic) bond motifs is 2. The Morgan fingerprint density at radius 1 is 1.06 bits per heavy atom. The van der Waals surface area contributed by atoms with Crippen LogP contribution in [0, 0.1) is 24.6 Å². The van der Waals surface area contributed by atoms with Crippen LogP contribution in [0.2, 0.25) is 0 Å². The lowest BCUT2D eigenvalue weighted by molar-refractivity contribution is 0.0535. The zero-order valence-corrected chi connectivity index (χ0v) is 20.1. The first-order chi connectivity index (χ1) is 16.9. The van der Waals surface area contributed by atoms with Crippen molar-refractivity contribution in [3.05, 3.63) is 76.2 Å². The molecule has 1 aliphatic carbocycles. The number of halogens is 1. The molecule has 2 fully saturated rings. The molecule has 2 aliphatic heterocycles. The van der Waals surface area contributed by atoms with E-state index in [9.17, 15) is 18.8 Å². The Hall–Kier alpha value is -3.39. The number of aryl methyl sites for hydroxylation is 1. The molecule has 1 aromatic heterocycles. The first kappa shape index (κ1) is 22.1. The van der Waals surface area contributed by atoms with Crippen molar-refractivity contribution in [2.75, 3.05) is 13.1 Å². The maximum Gasteiger partial charge on any atom is 0.274 e. The number of thiazole rings is 1. The van der Waals surface area contributed by atoms with Gasteiger partial charge in [-0.05, 0) is 61.4 Å². The third kappa shape index (κ3) is 3.58. The number of amides is 3. The summed E-state index contributed by atoms with van der Waals surface area (Å²) in [7, 11) is 0. The summed E-state index contributed by atoms with van der Waals surface area (Å²) < 4.78 is 13.5. The number of rotatable bonds is 4. The molecule has 3 aromatic rings. The maximum absolute atomic E-state index is 13.9. The van der Waals surface area contributed by atoms with Gasteiger partial charge in [-0.25, -0.2) is 9.37 Å². The van der Waals surface area contributed by atoms with Crippen LogP contribution in [0.25, 0.3) is 10.4 Å². The summed E-state index contributed by atoms with van der Waals surface area (Å²) in [5.74, 6) is -0.516. The van der Waals surface area contributed by atoms with Crippen LogP contribution < -0.4 is 0 Å². The predicted octanol–water partition coefficient (Wildman–Crippen LogP) is 4.79. The summed E-state index contributed by atoms with van der Waals surface area (Å²) in [5.41, 5.74) is 1.94. The Balaban J connectivity index is 1.33. The Labute approximate surface area is 206 Å². The van der Waals surface area contributed by atoms with E-state index in [1.165, 1.54) is 28.4 Å². The third-order valence-electron chi connectivity index (χ3n) is 7.60. The van der Waals surface area contributed by atoms with Crippen molar-refractivity contribution >= 4 is 29.1 Å². The third-order valence-corrected chi connectivity index (χ3v) is 8.62. The number of carbonyl (C=O) groups is 3. The molecule has 1 saturated heterocycles. The molecule has 0 radical (unpaired) electrons. The van der Waals surface area contributed by atoms with E-state index in [0.717, 1.165) is 29.8 Å². The predicted molar refractivity (Wildman–Crippen MR) is 130 cm³/mol. The molecular weight excluding hydrogens is 465 g/mol. The van der Waals surface area contributed by atoms with Crippen LogP contribution in [0.1, 0.15) is 55.5 Å². The van der Waals surface area contributed by atoms with Gasteiger partial charge in [-0.1, -0.05) is 30.7 Å². The van der Waals surface area contributed by atoms with E-state index >= 15 is 0 Å². The average Bonchev–Trinajstić information content (AvgIpc) is 3.60. The lowest BCUT2D eigenvalue weighted by Gasteiger charge is -2.30. The summed E-state index contributed by atoms with van der Waals surface area (Å²) in [6.45, 7) is 2.63. The van der Waals surface area contributed by atoms with Crippen molar-refractivity contribution < 1.29 is 18.8 Å². The van der Waals surface area contributed by atoms with Gasteiger partial charge in [-0.2, -0.15) is 0 Å². The van der Waals surface area contributed by atoms with Crippen molar-refractivity contribution in [1.29, 1.82) is 0 Å². The number of carbonyl (C=O) groups excluding carboxylic acids is 3. The van der Waals surface area contributed by atoms with Gasteiger partial charge in [-0.3, -0.25) is 19.3 Å². The molecule has 3 amide bonds. The monoisotopic (exact) mass is 489 g/mol. The van der Waals surface area contributed by atoms with Crippen LogP contribution in [0.15, 0.2) is 48.5 Å². The molecule has 0 N–H and O–H groups in total. The van der Waals surface area contributed by atoms with E-state index in [-0.39, 0.29) is 42.0 Å². The van der Waals surface area contributed by atoms with Gasteiger partial charge in [0.25, 0.3) is 17.7 Å². The number of hydrogen-bond donors (Lipinski definition) is 0. The van der Waals surface area contributed by atoms with E-state index in [4.69, 9.17) is 0 Å². The molecule has 35 heavy (non-hydrogen) atoms. The van der Waals surface area contributed by atoms with Crippen LogP contribution in [0.3, 0.4) is 0 Å². The molecule has 178 valence electrons. The van der Waals surface area contributed by atoms with Crippen molar-refractivity contribution in [3.63, 3.8) is 0 Å². The van der Waals surface area contributed by atoms with Gasteiger partial charge in [0.15, 0.2) is 0 Å². The standard InChI is InChI=1S/C27H24FN3O3S/c1-15-29-23(24(35-15)16-9-11-18(28)12-10-16)27(34)30-13-17-5-4-8-19(17)22(30)14-31-25(32)20-6-2-3-7-21(20)26(31)33/h2-3,6-7,9-12,17,19,22H,4-5,8,13-14H2,1H3/t17-,19-,22?/m1/s1. The molecule has 3 atom stereocenters. The van der Waals surface area contributed by atoms with Crippen LogP contribution in [0.4, 0.5) is 4.39 Å². The smallest absolute Gasteiger partial charge is 0.274 e. The molecule has 8 heteroatoms. The second kappa shape index (κ2) is 8.37. The Morgan fingerprint density at radius 2 is 1.74 bits per heavy atom. The van der Waals surface area contributed by atoms with Crippen molar-refractivity contribution in [3.8, 4) is 10.4 Å². The molecule has 0 spiro atoms. The van der Waals surface area contributed by atoms with Gasteiger partial charge in [0.1, 0.15) is 11.5 Å². The minimum atomic E-state index is -0.337. The van der Waals surface area contributed by atoms with Gasteiger partial charge >= 0.3 is 0 Å². The quantitative estimate of drug-likeness (QED) is 0.494. The number of imide groups is 1. The maximum atomic E-state index is 13.9. The first-order valence-electron chi connectivity index (χ1n) is 11.9. The second-order valence-electron chi connectivity index (χ2n) is 9.56. The number of hydrogen-bond acceptors (Lipinski definition) is 5. The Morgan fingerprint density at radius 3 is 2.43 bits per heavy atom. The highest BCUT2D eigenvalue weighted by molar-refractivity contribution is 7.15. The largest absolute Gasteiger partial charge is 0.332 e. The number of benzene rings is 2. The zero-order valence-electron chi connectivity index (χ0n) is 19.2. The molecule has 3 aliphatic rings. The first-order valence-corrected chi connectivity index (χ1v) is 12.7. The van der Waals surface area contributed by atoms with Crippen LogP contribution in [0.5, 0.6) is 0 Å². The minimum Gasteiger partial charge on any atom is -0.332 e. The van der Waals surface area contributed by atoms with Gasteiger partial charge in [0.05, 0.1) is 33.6 Å². The van der Waals surface area contributed by atoms with Gasteiger partial charge < -0.3 is 4.90 Å². The van der Waals surface area contributed by atoms with E-state index in [1.807, 2.05) is 11.8 Å². The van der Waals surface area contributed by atoms with Crippen molar-refractivity contribution in [2.24, 2.45) is 11.8 Å². The van der Waals surface area contributed by atoms with Gasteiger partial charge in [0.2, 0.25) is 0 Å². The van der Waals surface area contributed by atoms with Gasteiger partial charge in [0, 0.05) is 6.54 Å². The normalized spacial score (nSPS) is 23.2. The summed E-state index contributed by atoms with van der Waals surface area (Å²) in [6, 6.07) is 12.7. The second-order valence-corrected chi connectivity index (χ2v) is 10.8. The molecule has 1 unspecified atom stereocenters. The van der Waals surface area contributed by atoms with Crippen LogP contribution in [-0.2, 0) is 0 Å². The molecule has 0 bridgehead atoms. The highest BCUT2D eigenvalue weighted by atomic mass is 32.1. The summed E-state index contributed by atoms with van der Waals surface area (Å²) >= 11 is 1.41. The van der Waals surface area contributed by atoms with Crippen LogP contribution >= 0.6 is 11.3 Å². The van der Waals surface area contributed by atoms with Crippen molar-refractivity contribution in [1.82, 2.24) is 14.8 Å². The van der Waals surface area contributed by atoms with E-state index in [2.05, 4.69) is 4.98 Å². The molecule has 6 rings (SSSR count). The highest BCUT2D eigenvalue weighted by Crippen LogP contribution is 2.44. The van der Waals surface area contributed by atoms with E-state index in [0.29, 0.717) is 34.2 Å². The summed E-state index contributed by atoms with van der Waals surface area (Å²) in [6.07, 6.45) is 3.10. The Kier molecular flexibility index (Phi) is 5.29. The van der Waals surface area contributed by atoms with Gasteiger partial charge in [-0.15, -0.1) is 11.3 Å². The van der Waals surface area contributed by atoms with Crippen molar-refractivity contribution in [2.45, 2.75) is 32.2 Å². The highest BCUT2D eigenvalue weighted by Gasteiger charge is 2.49. The molecular formula is C27H24FN3O3S. The number of likely N-dealkylation sites (tertiary alicyclic amines) is 1. The van der Waals surface area contributed by atoms with E-state index < -0.39 is 0 Å². The minimum absolute atomic E-state index is 0.189. The molecule has 2 aromatic carbocycles. The summed E-state index contributed by atoms with van der Waals surface area (Å²) in [4.78, 5) is 48.5. The van der Waals surface area contributed by atoms with E-state index in [1.54, 1.807) is 36.4 Å². The number of nitrogens with zero attached hydrogens (tertiary/aromatic N) is 3. The lowest BCUT2D eigenvalue weighted by atomic mass is 9.93. The fourth-order valence-electron chi connectivity index (χ4n) is 5.98. The fraction of sp³-hybridized carbons (Fsp3) is 0.333. The fourth-order valence-corrected chi connectivity index (χ4v) is 6.90. The molecule has 1 saturated carbocycles. The Bertz CT molecular complexity index is 1320. The summed E-state index contributed by atoms with van der Waals surface area (Å²) in [5, 5.41) is 0.754. The average molecular weight is 490 g/mol.